The average Bonchev–Trinajstić information content (AvgIpc) is 2.57. The van der Waals surface area contributed by atoms with Gasteiger partial charge in [0.05, 0.1) is 16.3 Å². The fraction of sp³-hybridized carbons (Fsp3) is 0.375. The minimum atomic E-state index is -4.44. The number of alkyl halides is 3. The monoisotopic (exact) mass is 371 g/mol. The van der Waals surface area contributed by atoms with Crippen molar-refractivity contribution in [3.63, 3.8) is 0 Å². The third-order valence-corrected chi connectivity index (χ3v) is 4.34. The third kappa shape index (κ3) is 4.32. The summed E-state index contributed by atoms with van der Waals surface area (Å²) in [6.07, 6.45) is -2.87. The smallest absolute Gasteiger partial charge is 0.354 e. The number of hydrogen-bond donors (Lipinski definition) is 1. The normalized spacial score (nSPS) is 16.1. The van der Waals surface area contributed by atoms with Gasteiger partial charge in [-0.2, -0.15) is 18.2 Å². The Morgan fingerprint density at radius 3 is 2.52 bits per heavy atom. The standard InChI is InChI=1S/C16H17ClF3N5/c1-24-6-8-25(9-7-24)14-4-5-21-15(23-14)22-13-10-11(16(18,19)20)2-3-12(13)17/h2-5,10H,6-9H2,1H3,(H,21,22,23). The van der Waals surface area contributed by atoms with Crippen LogP contribution in [0.5, 0.6) is 0 Å². The van der Waals surface area contributed by atoms with Gasteiger partial charge in [0.25, 0.3) is 0 Å². The van der Waals surface area contributed by atoms with Gasteiger partial charge in [0.1, 0.15) is 5.82 Å². The van der Waals surface area contributed by atoms with Crippen LogP contribution in [0.4, 0.5) is 30.6 Å². The molecule has 1 fully saturated rings. The first-order chi connectivity index (χ1) is 11.8. The SMILES string of the molecule is CN1CCN(c2ccnc(Nc3cc(C(F)(F)F)ccc3Cl)n2)CC1. The summed E-state index contributed by atoms with van der Waals surface area (Å²) in [6, 6.07) is 4.88. The molecular formula is C16H17ClF3N5. The number of halogens is 4. The summed E-state index contributed by atoms with van der Waals surface area (Å²) in [4.78, 5) is 12.8. The summed E-state index contributed by atoms with van der Waals surface area (Å²) in [5.41, 5.74) is -0.665. The van der Waals surface area contributed by atoms with E-state index in [2.05, 4.69) is 32.1 Å². The van der Waals surface area contributed by atoms with E-state index in [9.17, 15) is 13.2 Å². The van der Waals surface area contributed by atoms with Crippen molar-refractivity contribution in [2.24, 2.45) is 0 Å². The molecule has 5 nitrogen and oxygen atoms in total. The van der Waals surface area contributed by atoms with Crippen LogP contribution in [0.1, 0.15) is 5.56 Å². The maximum absolute atomic E-state index is 12.9. The van der Waals surface area contributed by atoms with E-state index in [1.54, 1.807) is 12.3 Å². The lowest BCUT2D eigenvalue weighted by Crippen LogP contribution is -2.44. The number of likely N-dealkylation sites (N-methyl/N-ethyl adjacent to an activating group) is 1. The molecule has 0 unspecified atom stereocenters. The highest BCUT2D eigenvalue weighted by atomic mass is 35.5. The van der Waals surface area contributed by atoms with Gasteiger partial charge in [0.2, 0.25) is 5.95 Å². The molecule has 1 saturated heterocycles. The summed E-state index contributed by atoms with van der Waals surface area (Å²) in [6.45, 7) is 3.51. The Morgan fingerprint density at radius 1 is 1.12 bits per heavy atom. The predicted molar refractivity (Wildman–Crippen MR) is 91.5 cm³/mol. The second-order valence-electron chi connectivity index (χ2n) is 5.85. The lowest BCUT2D eigenvalue weighted by atomic mass is 10.2. The van der Waals surface area contributed by atoms with Crippen molar-refractivity contribution in [1.29, 1.82) is 0 Å². The zero-order valence-corrected chi connectivity index (χ0v) is 14.3. The fourth-order valence-electron chi connectivity index (χ4n) is 2.54. The van der Waals surface area contributed by atoms with Crippen molar-refractivity contribution < 1.29 is 13.2 Å². The lowest BCUT2D eigenvalue weighted by molar-refractivity contribution is -0.137. The Kier molecular flexibility index (Phi) is 5.01. The van der Waals surface area contributed by atoms with Gasteiger partial charge in [-0.3, -0.25) is 0 Å². The summed E-state index contributed by atoms with van der Waals surface area (Å²) >= 11 is 6.00. The Bertz CT molecular complexity index is 745. The molecule has 0 saturated carbocycles. The second-order valence-corrected chi connectivity index (χ2v) is 6.25. The molecule has 0 amide bonds. The van der Waals surface area contributed by atoms with Crippen molar-refractivity contribution in [3.8, 4) is 0 Å². The summed E-state index contributed by atoms with van der Waals surface area (Å²) < 4.78 is 38.6. The van der Waals surface area contributed by atoms with Gasteiger partial charge in [0.15, 0.2) is 0 Å². The Hall–Kier alpha value is -2.06. The Labute approximate surface area is 148 Å². The van der Waals surface area contributed by atoms with Crippen molar-refractivity contribution in [2.45, 2.75) is 6.18 Å². The van der Waals surface area contributed by atoms with Crippen LogP contribution in [0.15, 0.2) is 30.5 Å². The van der Waals surface area contributed by atoms with Crippen molar-refractivity contribution in [1.82, 2.24) is 14.9 Å². The first kappa shape index (κ1) is 17.8. The predicted octanol–water partition coefficient (Wildman–Crippen LogP) is 3.64. The molecule has 3 rings (SSSR count). The van der Waals surface area contributed by atoms with Gasteiger partial charge in [-0.15, -0.1) is 0 Å². The Balaban J connectivity index is 1.81. The highest BCUT2D eigenvalue weighted by Crippen LogP contribution is 2.34. The average molecular weight is 372 g/mol. The molecule has 25 heavy (non-hydrogen) atoms. The van der Waals surface area contributed by atoms with Gasteiger partial charge in [-0.25, -0.2) is 4.98 Å². The lowest BCUT2D eigenvalue weighted by Gasteiger charge is -2.33. The van der Waals surface area contributed by atoms with Gasteiger partial charge < -0.3 is 15.1 Å². The zero-order valence-electron chi connectivity index (χ0n) is 13.5. The first-order valence-corrected chi connectivity index (χ1v) is 8.11. The maximum atomic E-state index is 12.9. The van der Waals surface area contributed by atoms with Crippen LogP contribution in [-0.2, 0) is 6.18 Å². The summed E-state index contributed by atoms with van der Waals surface area (Å²) in [5.74, 6) is 0.936. The molecule has 1 aromatic heterocycles. The van der Waals surface area contributed by atoms with Crippen LogP contribution in [-0.4, -0.2) is 48.1 Å². The molecule has 0 atom stereocenters. The van der Waals surface area contributed by atoms with Gasteiger partial charge in [0, 0.05) is 32.4 Å². The molecule has 0 spiro atoms. The molecule has 0 aliphatic carbocycles. The van der Waals surface area contributed by atoms with Gasteiger partial charge in [-0.1, -0.05) is 11.6 Å². The molecule has 1 aliphatic rings. The van der Waals surface area contributed by atoms with Crippen LogP contribution in [0.3, 0.4) is 0 Å². The van der Waals surface area contributed by atoms with Crippen LogP contribution in [0.25, 0.3) is 0 Å². The fourth-order valence-corrected chi connectivity index (χ4v) is 2.70. The van der Waals surface area contributed by atoms with Crippen LogP contribution in [0, 0.1) is 0 Å². The van der Waals surface area contributed by atoms with Crippen LogP contribution in [0.2, 0.25) is 5.02 Å². The molecule has 0 radical (unpaired) electrons. The maximum Gasteiger partial charge on any atom is 0.416 e. The highest BCUT2D eigenvalue weighted by molar-refractivity contribution is 6.33. The molecule has 9 heteroatoms. The summed E-state index contributed by atoms with van der Waals surface area (Å²) in [5, 5.41) is 2.95. The van der Waals surface area contributed by atoms with E-state index in [1.165, 1.54) is 6.07 Å². The van der Waals surface area contributed by atoms with E-state index >= 15 is 0 Å². The van der Waals surface area contributed by atoms with Gasteiger partial charge in [-0.05, 0) is 31.3 Å². The molecule has 2 aromatic rings. The largest absolute Gasteiger partial charge is 0.416 e. The second kappa shape index (κ2) is 7.05. The van der Waals surface area contributed by atoms with E-state index in [0.717, 1.165) is 44.1 Å². The van der Waals surface area contributed by atoms with E-state index in [0.29, 0.717) is 0 Å². The molecule has 1 aromatic carbocycles. The first-order valence-electron chi connectivity index (χ1n) is 7.73. The van der Waals surface area contributed by atoms with Crippen molar-refractivity contribution >= 4 is 29.1 Å². The molecular weight excluding hydrogens is 355 g/mol. The topological polar surface area (TPSA) is 44.3 Å². The molecule has 1 aliphatic heterocycles. The van der Waals surface area contributed by atoms with E-state index in [4.69, 9.17) is 11.6 Å². The molecule has 1 N–H and O–H groups in total. The van der Waals surface area contributed by atoms with E-state index in [-0.39, 0.29) is 16.7 Å². The summed E-state index contributed by atoms with van der Waals surface area (Å²) in [7, 11) is 2.06. The molecule has 2 heterocycles. The third-order valence-electron chi connectivity index (χ3n) is 4.01. The number of benzene rings is 1. The van der Waals surface area contributed by atoms with E-state index < -0.39 is 11.7 Å². The number of rotatable bonds is 3. The minimum absolute atomic E-state index is 0.118. The quantitative estimate of drug-likeness (QED) is 0.892. The van der Waals surface area contributed by atoms with Crippen molar-refractivity contribution in [2.75, 3.05) is 43.4 Å². The Morgan fingerprint density at radius 2 is 1.84 bits per heavy atom. The minimum Gasteiger partial charge on any atom is -0.354 e. The van der Waals surface area contributed by atoms with Crippen molar-refractivity contribution in [3.05, 3.63) is 41.0 Å². The zero-order chi connectivity index (χ0) is 18.0. The number of nitrogens with one attached hydrogen (secondary N) is 1. The number of aromatic nitrogens is 2. The van der Waals surface area contributed by atoms with Crippen LogP contribution < -0.4 is 10.2 Å². The highest BCUT2D eigenvalue weighted by Gasteiger charge is 2.31. The number of nitrogens with zero attached hydrogens (tertiary/aromatic N) is 4. The molecule has 0 bridgehead atoms. The number of hydrogen-bond acceptors (Lipinski definition) is 5. The van der Waals surface area contributed by atoms with Gasteiger partial charge >= 0.3 is 6.18 Å². The molecule has 134 valence electrons. The number of anilines is 3. The number of piperazine rings is 1. The van der Waals surface area contributed by atoms with E-state index in [1.807, 2.05) is 0 Å². The van der Waals surface area contributed by atoms with Crippen LogP contribution >= 0.6 is 11.6 Å².